The van der Waals surface area contributed by atoms with Crippen LogP contribution in [0.4, 0.5) is 0 Å². The quantitative estimate of drug-likeness (QED) is 0.624. The van der Waals surface area contributed by atoms with Crippen molar-refractivity contribution in [2.24, 2.45) is 11.8 Å². The van der Waals surface area contributed by atoms with E-state index in [1.54, 1.807) is 54.6 Å². The summed E-state index contributed by atoms with van der Waals surface area (Å²) < 4.78 is 17.5. The molecule has 1 aliphatic rings. The van der Waals surface area contributed by atoms with Gasteiger partial charge in [-0.1, -0.05) is 55.5 Å². The van der Waals surface area contributed by atoms with Crippen molar-refractivity contribution in [1.29, 1.82) is 0 Å². The first-order valence-corrected chi connectivity index (χ1v) is 9.95. The van der Waals surface area contributed by atoms with Crippen molar-refractivity contribution in [1.82, 2.24) is 20.6 Å². The molecule has 0 amide bonds. The van der Waals surface area contributed by atoms with Crippen LogP contribution in [0, 0.1) is 11.8 Å². The Bertz CT molecular complexity index is 1010. The summed E-state index contributed by atoms with van der Waals surface area (Å²) in [5.74, 6) is -1.13. The van der Waals surface area contributed by atoms with Crippen molar-refractivity contribution in [3.05, 3.63) is 77.6 Å². The number of H-pyrrole nitrogens is 1. The Labute approximate surface area is 178 Å². The number of nitrogens with one attached hydrogen (secondary N) is 1. The number of carbonyl (C=O) groups is 2. The van der Waals surface area contributed by atoms with Gasteiger partial charge in [0.2, 0.25) is 12.1 Å². The fraction of sp³-hybridized carbons (Fsp3) is 0.318. The normalized spacial score (nSPS) is 25.5. The molecule has 0 radical (unpaired) electrons. The van der Waals surface area contributed by atoms with Gasteiger partial charge in [-0.05, 0) is 30.2 Å². The Kier molecular flexibility index (Phi) is 6.03. The maximum absolute atomic E-state index is 12.7. The fourth-order valence-electron chi connectivity index (χ4n) is 3.53. The minimum atomic E-state index is -1.14. The van der Waals surface area contributed by atoms with Gasteiger partial charge in [-0.3, -0.25) is 0 Å². The van der Waals surface area contributed by atoms with Crippen LogP contribution >= 0.6 is 0 Å². The van der Waals surface area contributed by atoms with Gasteiger partial charge in [0, 0.05) is 5.92 Å². The monoisotopic (exact) mass is 422 g/mol. The number of benzene rings is 2. The van der Waals surface area contributed by atoms with Gasteiger partial charge in [0.05, 0.1) is 11.1 Å². The molecule has 1 fully saturated rings. The van der Waals surface area contributed by atoms with Gasteiger partial charge >= 0.3 is 11.9 Å². The average molecular weight is 422 g/mol. The SMILES string of the molecule is C[C@@H]1C(OC(=O)c2ccccc2)C(OC(=O)c2ccccc2)OC(c2nn[nH]n2)[C@@H]1C. The molecule has 31 heavy (non-hydrogen) atoms. The second-order valence-corrected chi connectivity index (χ2v) is 7.42. The van der Waals surface area contributed by atoms with Gasteiger partial charge < -0.3 is 14.2 Å². The fourth-order valence-corrected chi connectivity index (χ4v) is 3.53. The largest absolute Gasteiger partial charge is 0.452 e. The highest BCUT2D eigenvalue weighted by Crippen LogP contribution is 2.40. The Morgan fingerprint density at radius 3 is 2.00 bits per heavy atom. The number of aromatic amines is 1. The molecule has 1 N–H and O–H groups in total. The molecular formula is C22H22N4O5. The van der Waals surface area contributed by atoms with Crippen molar-refractivity contribution < 1.29 is 23.8 Å². The van der Waals surface area contributed by atoms with Crippen LogP contribution in [0.1, 0.15) is 46.5 Å². The zero-order chi connectivity index (χ0) is 21.8. The number of hydrogen-bond donors (Lipinski definition) is 1. The Morgan fingerprint density at radius 2 is 1.45 bits per heavy atom. The predicted octanol–water partition coefficient (Wildman–Crippen LogP) is 2.95. The van der Waals surface area contributed by atoms with Crippen molar-refractivity contribution in [3.63, 3.8) is 0 Å². The van der Waals surface area contributed by atoms with Crippen molar-refractivity contribution in [3.8, 4) is 0 Å². The maximum atomic E-state index is 12.7. The number of nitrogens with zero attached hydrogens (tertiary/aromatic N) is 3. The molecule has 2 aromatic carbocycles. The van der Waals surface area contributed by atoms with Gasteiger partial charge in [0.1, 0.15) is 6.10 Å². The number of hydrogen-bond acceptors (Lipinski definition) is 8. The lowest BCUT2D eigenvalue weighted by Crippen LogP contribution is -2.50. The Balaban J connectivity index is 1.59. The Morgan fingerprint density at radius 1 is 0.871 bits per heavy atom. The molecule has 0 saturated carbocycles. The van der Waals surface area contributed by atoms with Crippen LogP contribution in [-0.2, 0) is 14.2 Å². The topological polar surface area (TPSA) is 116 Å². The summed E-state index contributed by atoms with van der Waals surface area (Å²) in [6.07, 6.45) is -2.55. The van der Waals surface area contributed by atoms with Gasteiger partial charge in [0.25, 0.3) is 0 Å². The van der Waals surface area contributed by atoms with Gasteiger partial charge in [0.15, 0.2) is 6.10 Å². The van der Waals surface area contributed by atoms with Crippen molar-refractivity contribution in [2.45, 2.75) is 32.3 Å². The summed E-state index contributed by atoms with van der Waals surface area (Å²) in [5, 5.41) is 14.0. The molecule has 3 aromatic rings. The standard InChI is InChI=1S/C22H22N4O5/c1-13-14(2)18(29-20(27)15-9-5-3-6-10-15)22(30-17(13)19-23-25-26-24-19)31-21(28)16-11-7-4-8-12-16/h3-14,17-18,22H,1-2H3,(H,23,24,25,26)/t13-,14+,17?,18?,22?/m1/s1. The minimum absolute atomic E-state index is 0.141. The summed E-state index contributed by atoms with van der Waals surface area (Å²) in [6.45, 7) is 3.84. The van der Waals surface area contributed by atoms with Crippen LogP contribution in [0.15, 0.2) is 60.7 Å². The summed E-state index contributed by atoms with van der Waals surface area (Å²) in [7, 11) is 0. The lowest BCUT2D eigenvalue weighted by molar-refractivity contribution is -0.252. The third-order valence-electron chi connectivity index (χ3n) is 5.48. The second-order valence-electron chi connectivity index (χ2n) is 7.42. The molecule has 1 aromatic heterocycles. The van der Waals surface area contributed by atoms with Crippen LogP contribution in [-0.4, -0.2) is 45.0 Å². The molecule has 1 saturated heterocycles. The van der Waals surface area contributed by atoms with Crippen LogP contribution in [0.3, 0.4) is 0 Å². The summed E-state index contributed by atoms with van der Waals surface area (Å²) >= 11 is 0. The summed E-state index contributed by atoms with van der Waals surface area (Å²) in [4.78, 5) is 25.4. The smallest absolute Gasteiger partial charge is 0.340 e. The Hall–Kier alpha value is -3.59. The summed E-state index contributed by atoms with van der Waals surface area (Å²) in [5.41, 5.74) is 0.761. The molecular weight excluding hydrogens is 400 g/mol. The molecule has 9 heteroatoms. The van der Waals surface area contributed by atoms with Gasteiger partial charge in [-0.25, -0.2) is 9.59 Å². The van der Waals surface area contributed by atoms with Crippen LogP contribution in [0.25, 0.3) is 0 Å². The van der Waals surface area contributed by atoms with E-state index < -0.39 is 30.4 Å². The molecule has 0 bridgehead atoms. The minimum Gasteiger partial charge on any atom is -0.452 e. The van der Waals surface area contributed by atoms with Crippen LogP contribution in [0.2, 0.25) is 0 Å². The molecule has 0 aliphatic carbocycles. The number of rotatable bonds is 5. The number of tetrazole rings is 1. The van der Waals surface area contributed by atoms with E-state index in [2.05, 4.69) is 20.6 Å². The lowest BCUT2D eigenvalue weighted by atomic mass is 9.83. The van der Waals surface area contributed by atoms with Crippen LogP contribution in [0.5, 0.6) is 0 Å². The van der Waals surface area contributed by atoms with E-state index in [4.69, 9.17) is 14.2 Å². The van der Waals surface area contributed by atoms with E-state index in [1.165, 1.54) is 0 Å². The zero-order valence-electron chi connectivity index (χ0n) is 17.0. The average Bonchev–Trinajstić information content (AvgIpc) is 3.34. The number of ether oxygens (including phenoxy) is 3. The number of aromatic nitrogens is 4. The first-order chi connectivity index (χ1) is 15.0. The predicted molar refractivity (Wildman–Crippen MR) is 108 cm³/mol. The third kappa shape index (κ3) is 4.46. The van der Waals surface area contributed by atoms with E-state index in [1.807, 2.05) is 19.9 Å². The highest BCUT2D eigenvalue weighted by atomic mass is 16.7. The first-order valence-electron chi connectivity index (χ1n) is 9.95. The molecule has 160 valence electrons. The lowest BCUT2D eigenvalue weighted by Gasteiger charge is -2.42. The highest BCUT2D eigenvalue weighted by molar-refractivity contribution is 5.90. The molecule has 5 atom stereocenters. The molecule has 4 rings (SSSR count). The molecule has 0 spiro atoms. The molecule has 2 heterocycles. The first kappa shape index (κ1) is 20.7. The molecule has 1 aliphatic heterocycles. The number of esters is 2. The van der Waals surface area contributed by atoms with Crippen molar-refractivity contribution >= 4 is 11.9 Å². The van der Waals surface area contributed by atoms with E-state index in [0.29, 0.717) is 17.0 Å². The van der Waals surface area contributed by atoms with Gasteiger partial charge in [-0.15, -0.1) is 10.2 Å². The summed E-state index contributed by atoms with van der Waals surface area (Å²) in [6, 6.07) is 17.2. The zero-order valence-corrected chi connectivity index (χ0v) is 17.0. The van der Waals surface area contributed by atoms with E-state index >= 15 is 0 Å². The van der Waals surface area contributed by atoms with Gasteiger partial charge in [-0.2, -0.15) is 5.21 Å². The van der Waals surface area contributed by atoms with E-state index in [0.717, 1.165) is 0 Å². The second kappa shape index (κ2) is 9.05. The van der Waals surface area contributed by atoms with Crippen molar-refractivity contribution in [2.75, 3.05) is 0 Å². The maximum Gasteiger partial charge on any atom is 0.340 e. The molecule has 3 unspecified atom stereocenters. The van der Waals surface area contributed by atoms with E-state index in [9.17, 15) is 9.59 Å². The van der Waals surface area contributed by atoms with Crippen LogP contribution < -0.4 is 0 Å². The van der Waals surface area contributed by atoms with E-state index in [-0.39, 0.29) is 11.8 Å². The number of carbonyl (C=O) groups excluding carboxylic acids is 2. The third-order valence-corrected chi connectivity index (χ3v) is 5.48. The molecule has 9 nitrogen and oxygen atoms in total. The highest BCUT2D eigenvalue weighted by Gasteiger charge is 2.47.